The van der Waals surface area contributed by atoms with E-state index in [9.17, 15) is 4.79 Å². The second-order valence-electron chi connectivity index (χ2n) is 5.85. The number of allylic oxidation sites excluding steroid dienone is 4. The number of methoxy groups -OCH3 is 1. The zero-order chi connectivity index (χ0) is 16.8. The maximum absolute atomic E-state index is 12.1. The van der Waals surface area contributed by atoms with Crippen LogP contribution in [0.15, 0.2) is 59.8 Å². The Morgan fingerprint density at radius 2 is 2.04 bits per heavy atom. The summed E-state index contributed by atoms with van der Waals surface area (Å²) < 4.78 is 5.11. The van der Waals surface area contributed by atoms with Gasteiger partial charge in [-0.1, -0.05) is 36.4 Å². The van der Waals surface area contributed by atoms with Crippen LogP contribution in [0.4, 0.5) is 0 Å². The average Bonchev–Trinajstić information content (AvgIpc) is 2.54. The highest BCUT2D eigenvalue weighted by Gasteiger charge is 2.14. The standard InChI is InChI=1S/C19H24N2O2/c1-13(2)16-8-5-14(3)18(12-16)20-21-19(22)11-15-6-9-17(23-4)10-7-15/h5-7,9-10,12,16,20H,1,8,11H2,2-4H3,(H,21,22). The summed E-state index contributed by atoms with van der Waals surface area (Å²) in [7, 11) is 1.62. The Balaban J connectivity index is 1.90. The zero-order valence-electron chi connectivity index (χ0n) is 14.0. The molecule has 0 fully saturated rings. The highest BCUT2D eigenvalue weighted by atomic mass is 16.5. The minimum Gasteiger partial charge on any atom is -0.497 e. The molecule has 0 heterocycles. The number of carbonyl (C=O) groups is 1. The lowest BCUT2D eigenvalue weighted by Gasteiger charge is -2.21. The van der Waals surface area contributed by atoms with Gasteiger partial charge in [0.05, 0.1) is 19.2 Å². The smallest absolute Gasteiger partial charge is 0.242 e. The Bertz CT molecular complexity index is 642. The summed E-state index contributed by atoms with van der Waals surface area (Å²) in [6.07, 6.45) is 5.56. The fourth-order valence-corrected chi connectivity index (χ4v) is 2.41. The summed E-state index contributed by atoms with van der Waals surface area (Å²) in [6.45, 7) is 8.06. The third-order valence-corrected chi connectivity index (χ3v) is 3.96. The van der Waals surface area contributed by atoms with Gasteiger partial charge in [0.25, 0.3) is 0 Å². The van der Waals surface area contributed by atoms with Crippen LogP contribution >= 0.6 is 0 Å². The molecule has 1 atom stereocenters. The molecule has 1 unspecified atom stereocenters. The van der Waals surface area contributed by atoms with E-state index in [0.717, 1.165) is 34.6 Å². The second-order valence-corrected chi connectivity index (χ2v) is 5.85. The Labute approximate surface area is 137 Å². The van der Waals surface area contributed by atoms with Crippen molar-refractivity contribution in [2.24, 2.45) is 5.92 Å². The van der Waals surface area contributed by atoms with Gasteiger partial charge >= 0.3 is 0 Å². The molecule has 1 amide bonds. The number of nitrogens with one attached hydrogen (secondary N) is 2. The van der Waals surface area contributed by atoms with Gasteiger partial charge in [-0.05, 0) is 43.5 Å². The summed E-state index contributed by atoms with van der Waals surface area (Å²) in [6, 6.07) is 7.48. The fraction of sp³-hybridized carbons (Fsp3) is 0.316. The lowest BCUT2D eigenvalue weighted by atomic mass is 9.90. The summed E-state index contributed by atoms with van der Waals surface area (Å²) in [4.78, 5) is 12.1. The normalized spacial score (nSPS) is 16.9. The van der Waals surface area contributed by atoms with Gasteiger partial charge in [-0.3, -0.25) is 15.6 Å². The van der Waals surface area contributed by atoms with Crippen molar-refractivity contribution in [1.82, 2.24) is 10.9 Å². The largest absolute Gasteiger partial charge is 0.497 e. The van der Waals surface area contributed by atoms with E-state index in [1.165, 1.54) is 0 Å². The first-order valence-corrected chi connectivity index (χ1v) is 7.71. The molecule has 0 aromatic heterocycles. The van der Waals surface area contributed by atoms with Crippen molar-refractivity contribution in [1.29, 1.82) is 0 Å². The van der Waals surface area contributed by atoms with E-state index in [2.05, 4.69) is 29.6 Å². The Hall–Kier alpha value is -2.49. The average molecular weight is 312 g/mol. The first-order valence-electron chi connectivity index (χ1n) is 7.71. The molecule has 0 saturated heterocycles. The summed E-state index contributed by atoms with van der Waals surface area (Å²) >= 11 is 0. The molecule has 1 aromatic rings. The molecule has 0 saturated carbocycles. The van der Waals surface area contributed by atoms with Crippen molar-refractivity contribution in [3.63, 3.8) is 0 Å². The molecule has 0 spiro atoms. The van der Waals surface area contributed by atoms with Crippen molar-refractivity contribution in [3.05, 3.63) is 65.4 Å². The lowest BCUT2D eigenvalue weighted by Crippen LogP contribution is -2.38. The molecule has 0 radical (unpaired) electrons. The number of ether oxygens (including phenoxy) is 1. The van der Waals surface area contributed by atoms with Gasteiger partial charge in [0, 0.05) is 5.92 Å². The zero-order valence-corrected chi connectivity index (χ0v) is 14.0. The van der Waals surface area contributed by atoms with Crippen LogP contribution in [0, 0.1) is 5.92 Å². The first kappa shape index (κ1) is 16.9. The van der Waals surface area contributed by atoms with Gasteiger partial charge in [-0.15, -0.1) is 0 Å². The summed E-state index contributed by atoms with van der Waals surface area (Å²) in [5.41, 5.74) is 9.92. The van der Waals surface area contributed by atoms with Gasteiger partial charge in [0.2, 0.25) is 5.91 Å². The number of carbonyl (C=O) groups excluding carboxylic acids is 1. The quantitative estimate of drug-likeness (QED) is 0.626. The Morgan fingerprint density at radius 3 is 2.65 bits per heavy atom. The maximum atomic E-state index is 12.1. The third kappa shape index (κ3) is 4.74. The van der Waals surface area contributed by atoms with Crippen LogP contribution in [0.25, 0.3) is 0 Å². The first-order chi connectivity index (χ1) is 11.0. The van der Waals surface area contributed by atoms with Crippen LogP contribution in [0.2, 0.25) is 0 Å². The highest BCUT2D eigenvalue weighted by molar-refractivity contribution is 5.78. The molecule has 2 N–H and O–H groups in total. The van der Waals surface area contributed by atoms with E-state index in [0.29, 0.717) is 12.3 Å². The molecule has 1 aromatic carbocycles. The Morgan fingerprint density at radius 1 is 1.35 bits per heavy atom. The SMILES string of the molecule is C=C(C)C1C=C(NNC(=O)Cc2ccc(OC)cc2)C(C)=CC1. The highest BCUT2D eigenvalue weighted by Crippen LogP contribution is 2.25. The van der Waals surface area contributed by atoms with E-state index in [1.807, 2.05) is 38.1 Å². The molecule has 1 aliphatic carbocycles. The second kappa shape index (κ2) is 7.68. The van der Waals surface area contributed by atoms with Crippen molar-refractivity contribution in [2.75, 3.05) is 7.11 Å². The molecule has 4 nitrogen and oxygen atoms in total. The van der Waals surface area contributed by atoms with E-state index in [4.69, 9.17) is 4.74 Å². The molecule has 23 heavy (non-hydrogen) atoms. The number of hydrogen-bond acceptors (Lipinski definition) is 3. The summed E-state index contributed by atoms with van der Waals surface area (Å²) in [5.74, 6) is 1.02. The number of hydrogen-bond donors (Lipinski definition) is 2. The van der Waals surface area contributed by atoms with Crippen LogP contribution < -0.4 is 15.6 Å². The van der Waals surface area contributed by atoms with Crippen LogP contribution in [-0.4, -0.2) is 13.0 Å². The minimum atomic E-state index is -0.0821. The van der Waals surface area contributed by atoms with Gasteiger partial charge in [0.15, 0.2) is 0 Å². The number of amides is 1. The molecule has 4 heteroatoms. The molecule has 1 aliphatic rings. The molecule has 0 bridgehead atoms. The van der Waals surface area contributed by atoms with E-state index in [1.54, 1.807) is 7.11 Å². The van der Waals surface area contributed by atoms with Crippen molar-refractivity contribution >= 4 is 5.91 Å². The van der Waals surface area contributed by atoms with Crippen molar-refractivity contribution < 1.29 is 9.53 Å². The van der Waals surface area contributed by atoms with Crippen LogP contribution in [0.1, 0.15) is 25.8 Å². The number of benzene rings is 1. The van der Waals surface area contributed by atoms with Gasteiger partial charge < -0.3 is 4.74 Å². The lowest BCUT2D eigenvalue weighted by molar-refractivity contribution is -0.121. The summed E-state index contributed by atoms with van der Waals surface area (Å²) in [5, 5.41) is 0. The molecule has 2 rings (SSSR count). The molecular formula is C19H24N2O2. The predicted octanol–water partition coefficient (Wildman–Crippen LogP) is 3.28. The third-order valence-electron chi connectivity index (χ3n) is 3.96. The topological polar surface area (TPSA) is 50.4 Å². The van der Waals surface area contributed by atoms with Gasteiger partial charge in [-0.25, -0.2) is 0 Å². The van der Waals surface area contributed by atoms with Crippen LogP contribution in [0.5, 0.6) is 5.75 Å². The molecular weight excluding hydrogens is 288 g/mol. The molecule has 122 valence electrons. The van der Waals surface area contributed by atoms with Crippen molar-refractivity contribution in [3.8, 4) is 5.75 Å². The van der Waals surface area contributed by atoms with Crippen LogP contribution in [0.3, 0.4) is 0 Å². The van der Waals surface area contributed by atoms with Crippen LogP contribution in [-0.2, 0) is 11.2 Å². The van der Waals surface area contributed by atoms with E-state index < -0.39 is 0 Å². The predicted molar refractivity (Wildman–Crippen MR) is 92.7 cm³/mol. The van der Waals surface area contributed by atoms with E-state index >= 15 is 0 Å². The Kier molecular flexibility index (Phi) is 5.63. The van der Waals surface area contributed by atoms with Gasteiger partial charge in [0.1, 0.15) is 5.75 Å². The monoisotopic (exact) mass is 312 g/mol. The van der Waals surface area contributed by atoms with E-state index in [-0.39, 0.29) is 5.91 Å². The number of hydrazine groups is 1. The minimum absolute atomic E-state index is 0.0821. The number of rotatable bonds is 6. The molecule has 0 aliphatic heterocycles. The maximum Gasteiger partial charge on any atom is 0.242 e. The van der Waals surface area contributed by atoms with Gasteiger partial charge in [-0.2, -0.15) is 0 Å². The fourth-order valence-electron chi connectivity index (χ4n) is 2.41. The van der Waals surface area contributed by atoms with Crippen molar-refractivity contribution in [2.45, 2.75) is 26.7 Å².